The van der Waals surface area contributed by atoms with Crippen LogP contribution in [0.2, 0.25) is 0 Å². The SMILES string of the molecule is Cc1noc(-c2ccc(N3CCN(S(=O)(=O)c4ccc(C(O)(C(N)=O)C(F)(F)F)s4)C(C)C3)c(C(F)(F)F)c2)n1. The van der Waals surface area contributed by atoms with Crippen molar-refractivity contribution < 1.29 is 49.2 Å². The van der Waals surface area contributed by atoms with Crippen LogP contribution in [-0.4, -0.2) is 65.7 Å². The maximum absolute atomic E-state index is 14.0. The van der Waals surface area contributed by atoms with Gasteiger partial charge in [0.1, 0.15) is 4.21 Å². The van der Waals surface area contributed by atoms with Gasteiger partial charge in [0.15, 0.2) is 5.82 Å². The van der Waals surface area contributed by atoms with Crippen LogP contribution < -0.4 is 10.6 Å². The van der Waals surface area contributed by atoms with E-state index in [4.69, 9.17) is 10.3 Å². The molecule has 0 saturated carbocycles. The van der Waals surface area contributed by atoms with Crippen molar-refractivity contribution in [3.63, 3.8) is 0 Å². The molecule has 0 radical (unpaired) electrons. The van der Waals surface area contributed by atoms with Gasteiger partial charge in [0, 0.05) is 36.9 Å². The van der Waals surface area contributed by atoms with Crippen LogP contribution in [0.5, 0.6) is 0 Å². The molecule has 2 atom stereocenters. The number of hydrogen-bond donors (Lipinski definition) is 2. The van der Waals surface area contributed by atoms with Gasteiger partial charge < -0.3 is 20.3 Å². The van der Waals surface area contributed by atoms with Crippen LogP contribution in [0, 0.1) is 6.92 Å². The van der Waals surface area contributed by atoms with Crippen molar-refractivity contribution in [1.82, 2.24) is 14.4 Å². The Morgan fingerprint density at radius 2 is 1.82 bits per heavy atom. The number of nitrogens with zero attached hydrogens (tertiary/aromatic N) is 4. The zero-order chi connectivity index (χ0) is 29.8. The third kappa shape index (κ3) is 5.15. The van der Waals surface area contributed by atoms with Crippen LogP contribution in [0.15, 0.2) is 39.1 Å². The lowest BCUT2D eigenvalue weighted by Crippen LogP contribution is -2.54. The zero-order valence-corrected chi connectivity index (χ0v) is 22.2. The Hall–Kier alpha value is -3.22. The smallest absolute Gasteiger partial charge is 0.368 e. The Balaban J connectivity index is 1.61. The Morgan fingerprint density at radius 3 is 2.35 bits per heavy atom. The monoisotopic (exact) mass is 613 g/mol. The van der Waals surface area contributed by atoms with Gasteiger partial charge in [-0.2, -0.15) is 35.6 Å². The molecule has 2 unspecified atom stereocenters. The normalized spacial score (nSPS) is 19.0. The van der Waals surface area contributed by atoms with E-state index < -0.39 is 54.6 Å². The number of benzene rings is 1. The standard InChI is InChI=1S/C22H21F6N5O5S2/c1-11-10-32(15-4-3-13(9-14(15)21(23,24)25)18-30-12(2)31-38-18)7-8-33(11)40(36,37)17-6-5-16(39-17)20(35,19(29)34)22(26,27)28/h3-6,9,11,35H,7-8,10H2,1-2H3,(H2,29,34). The summed E-state index contributed by atoms with van der Waals surface area (Å²) in [7, 11) is -4.46. The number of alkyl halides is 6. The second kappa shape index (κ2) is 10.0. The summed E-state index contributed by atoms with van der Waals surface area (Å²) >= 11 is 0.0191. The van der Waals surface area contributed by atoms with E-state index >= 15 is 0 Å². The van der Waals surface area contributed by atoms with Crippen molar-refractivity contribution in [2.24, 2.45) is 5.73 Å². The molecule has 18 heteroatoms. The summed E-state index contributed by atoms with van der Waals surface area (Å²) < 4.78 is 114. The second-order valence-corrected chi connectivity index (χ2v) is 12.2. The third-order valence-corrected chi connectivity index (χ3v) is 9.93. The zero-order valence-electron chi connectivity index (χ0n) is 20.6. The topological polar surface area (TPSA) is 143 Å². The Morgan fingerprint density at radius 1 is 1.15 bits per heavy atom. The molecule has 1 aliphatic heterocycles. The summed E-state index contributed by atoms with van der Waals surface area (Å²) in [5.41, 5.74) is -0.521. The number of primary amides is 1. The summed E-state index contributed by atoms with van der Waals surface area (Å²) in [6.07, 6.45) is -10.3. The van der Waals surface area contributed by atoms with Gasteiger partial charge >= 0.3 is 12.4 Å². The minimum absolute atomic E-state index is 0.0191. The van der Waals surface area contributed by atoms with Gasteiger partial charge in [0.2, 0.25) is 0 Å². The molecule has 40 heavy (non-hydrogen) atoms. The van der Waals surface area contributed by atoms with Crippen molar-refractivity contribution in [2.45, 2.75) is 42.1 Å². The van der Waals surface area contributed by atoms with Gasteiger partial charge in [-0.3, -0.25) is 4.79 Å². The first-order valence-electron chi connectivity index (χ1n) is 11.4. The number of thiophene rings is 1. The van der Waals surface area contributed by atoms with E-state index in [1.54, 1.807) is 0 Å². The molecule has 2 aromatic heterocycles. The summed E-state index contributed by atoms with van der Waals surface area (Å²) in [5.74, 6) is -2.01. The lowest BCUT2D eigenvalue weighted by Gasteiger charge is -2.40. The van der Waals surface area contributed by atoms with Crippen molar-refractivity contribution in [3.8, 4) is 11.5 Å². The number of anilines is 1. The lowest BCUT2D eigenvalue weighted by molar-refractivity contribution is -0.254. The van der Waals surface area contributed by atoms with E-state index in [9.17, 15) is 44.7 Å². The summed E-state index contributed by atoms with van der Waals surface area (Å²) in [6, 6.07) is 3.94. The van der Waals surface area contributed by atoms with E-state index in [0.717, 1.165) is 16.4 Å². The quantitative estimate of drug-likeness (QED) is 0.404. The van der Waals surface area contributed by atoms with E-state index in [2.05, 4.69) is 10.1 Å². The molecule has 1 aromatic carbocycles. The first-order chi connectivity index (χ1) is 18.4. The minimum atomic E-state index is -5.52. The van der Waals surface area contributed by atoms with Gasteiger partial charge in [0.05, 0.1) is 10.4 Å². The molecular formula is C22H21F6N5O5S2. The molecule has 0 aliphatic carbocycles. The Kier molecular flexibility index (Phi) is 7.44. The van der Waals surface area contributed by atoms with Crippen LogP contribution in [-0.2, 0) is 26.6 Å². The Bertz CT molecular complexity index is 1540. The number of nitrogens with two attached hydrogens (primary N) is 1. The number of sulfonamides is 1. The predicted molar refractivity (Wildman–Crippen MR) is 129 cm³/mol. The first kappa shape index (κ1) is 29.8. The van der Waals surface area contributed by atoms with Crippen molar-refractivity contribution in [2.75, 3.05) is 24.5 Å². The number of hydrogen-bond acceptors (Lipinski definition) is 9. The highest BCUT2D eigenvalue weighted by Gasteiger charge is 2.61. The summed E-state index contributed by atoms with van der Waals surface area (Å²) in [5, 5.41) is 13.5. The van der Waals surface area contributed by atoms with Gasteiger partial charge in [-0.15, -0.1) is 11.3 Å². The van der Waals surface area contributed by atoms with E-state index in [-0.39, 0.29) is 53.9 Å². The number of halogens is 6. The number of aryl methyl sites for hydroxylation is 1. The molecule has 0 bridgehead atoms. The fourth-order valence-electron chi connectivity index (χ4n) is 4.27. The third-order valence-electron chi connectivity index (χ3n) is 6.25. The number of carbonyl (C=O) groups excluding carboxylic acids is 1. The van der Waals surface area contributed by atoms with Crippen LogP contribution in [0.25, 0.3) is 11.5 Å². The molecular weight excluding hydrogens is 592 g/mol. The molecule has 1 aliphatic rings. The van der Waals surface area contributed by atoms with Crippen LogP contribution in [0.3, 0.4) is 0 Å². The molecule has 0 spiro atoms. The molecule has 4 rings (SSSR count). The number of aromatic nitrogens is 2. The number of rotatable bonds is 6. The maximum atomic E-state index is 14.0. The van der Waals surface area contributed by atoms with Gasteiger partial charge in [-0.25, -0.2) is 8.42 Å². The fraction of sp³-hybridized carbons (Fsp3) is 0.409. The van der Waals surface area contributed by atoms with Gasteiger partial charge in [-0.05, 0) is 44.2 Å². The molecule has 3 N–H and O–H groups in total. The molecule has 3 aromatic rings. The number of carbonyl (C=O) groups is 1. The predicted octanol–water partition coefficient (Wildman–Crippen LogP) is 3.26. The highest BCUT2D eigenvalue weighted by molar-refractivity contribution is 7.91. The van der Waals surface area contributed by atoms with Crippen molar-refractivity contribution in [3.05, 3.63) is 46.6 Å². The highest BCUT2D eigenvalue weighted by Crippen LogP contribution is 2.44. The summed E-state index contributed by atoms with van der Waals surface area (Å²) in [4.78, 5) is 15.7. The van der Waals surface area contributed by atoms with Gasteiger partial charge in [0.25, 0.3) is 27.4 Å². The average Bonchev–Trinajstić information content (AvgIpc) is 3.52. The fourth-order valence-corrected chi connectivity index (χ4v) is 7.44. The van der Waals surface area contributed by atoms with E-state index in [1.165, 1.54) is 30.9 Å². The van der Waals surface area contributed by atoms with Crippen molar-refractivity contribution >= 4 is 33.0 Å². The van der Waals surface area contributed by atoms with Gasteiger partial charge in [-0.1, -0.05) is 5.16 Å². The van der Waals surface area contributed by atoms with Crippen LogP contribution in [0.4, 0.5) is 32.0 Å². The number of amides is 1. The number of piperazine rings is 1. The van der Waals surface area contributed by atoms with Crippen LogP contribution in [0.1, 0.15) is 23.2 Å². The number of aliphatic hydroxyl groups is 1. The average molecular weight is 614 g/mol. The summed E-state index contributed by atoms with van der Waals surface area (Å²) in [6.45, 7) is 2.26. The largest absolute Gasteiger partial charge is 0.431 e. The lowest BCUT2D eigenvalue weighted by atomic mass is 10.0. The molecule has 10 nitrogen and oxygen atoms in total. The highest BCUT2D eigenvalue weighted by atomic mass is 32.2. The van der Waals surface area contributed by atoms with E-state index in [0.29, 0.717) is 6.07 Å². The molecule has 3 heterocycles. The molecule has 218 valence electrons. The minimum Gasteiger partial charge on any atom is -0.368 e. The van der Waals surface area contributed by atoms with Crippen LogP contribution >= 0.6 is 11.3 Å². The molecule has 1 fully saturated rings. The Labute approximate surface area is 227 Å². The molecule has 1 amide bonds. The van der Waals surface area contributed by atoms with Crippen molar-refractivity contribution in [1.29, 1.82) is 0 Å². The maximum Gasteiger partial charge on any atom is 0.431 e. The van der Waals surface area contributed by atoms with E-state index in [1.807, 2.05) is 0 Å². The first-order valence-corrected chi connectivity index (χ1v) is 13.6. The molecule has 1 saturated heterocycles. The second-order valence-electron chi connectivity index (χ2n) is 8.98.